The molecule has 0 aromatic heterocycles. The minimum absolute atomic E-state index is 0.657. The molecule has 1 unspecified atom stereocenters. The van der Waals surface area contributed by atoms with Crippen LogP contribution in [0.1, 0.15) is 6.92 Å². The first-order valence-electron chi connectivity index (χ1n) is 3.85. The van der Waals surface area contributed by atoms with E-state index < -0.39 is 0 Å². The van der Waals surface area contributed by atoms with Gasteiger partial charge in [0.25, 0.3) is 0 Å². The minimum Gasteiger partial charge on any atom is -0.294 e. The van der Waals surface area contributed by atoms with Gasteiger partial charge in [-0.1, -0.05) is 18.2 Å². The second-order valence-corrected chi connectivity index (χ2v) is 4.60. The maximum atomic E-state index is 5.73. The highest BCUT2D eigenvalue weighted by Gasteiger charge is 2.17. The largest absolute Gasteiger partial charge is 0.294 e. The minimum atomic E-state index is 0.657. The summed E-state index contributed by atoms with van der Waals surface area (Å²) in [6.45, 7) is 7.94. The van der Waals surface area contributed by atoms with Crippen LogP contribution >= 0.6 is 23.4 Å². The fourth-order valence-electron chi connectivity index (χ4n) is 1.22. The van der Waals surface area contributed by atoms with Crippen molar-refractivity contribution in [3.63, 3.8) is 0 Å². The average Bonchev–Trinajstić information content (AvgIpc) is 1.93. The molecule has 1 aliphatic heterocycles. The van der Waals surface area contributed by atoms with Crippen molar-refractivity contribution < 1.29 is 0 Å². The lowest BCUT2D eigenvalue weighted by Gasteiger charge is -2.32. The molecule has 11 heavy (non-hydrogen) atoms. The zero-order chi connectivity index (χ0) is 8.27. The van der Waals surface area contributed by atoms with Gasteiger partial charge < -0.3 is 0 Å². The van der Waals surface area contributed by atoms with Crippen LogP contribution < -0.4 is 0 Å². The highest BCUT2D eigenvalue weighted by molar-refractivity contribution is 7.99. The third-order valence-electron chi connectivity index (χ3n) is 1.88. The van der Waals surface area contributed by atoms with Gasteiger partial charge in [-0.3, -0.25) is 4.90 Å². The van der Waals surface area contributed by atoms with Crippen molar-refractivity contribution in [1.29, 1.82) is 0 Å². The number of nitrogens with zero attached hydrogens (tertiary/aromatic N) is 1. The van der Waals surface area contributed by atoms with E-state index in [1.165, 1.54) is 11.5 Å². The van der Waals surface area contributed by atoms with E-state index in [1.54, 1.807) is 0 Å². The predicted molar refractivity (Wildman–Crippen MR) is 53.4 cm³/mol. The Hall–Kier alpha value is 0.340. The molecule has 0 N–H and O–H groups in total. The number of thioether (sulfide) groups is 1. The molecule has 0 amide bonds. The molecule has 1 atom stereocenters. The standard InChI is InChI=1S/C8H14ClNS/c1-7(9)5-10-3-4-11-6-8(10)2/h8H,1,3-6H2,2H3. The monoisotopic (exact) mass is 191 g/mol. The molecule has 1 nitrogen and oxygen atoms in total. The summed E-state index contributed by atoms with van der Waals surface area (Å²) in [4.78, 5) is 2.38. The van der Waals surface area contributed by atoms with Crippen molar-refractivity contribution in [2.24, 2.45) is 0 Å². The summed E-state index contributed by atoms with van der Waals surface area (Å²) in [6.07, 6.45) is 0. The highest BCUT2D eigenvalue weighted by Crippen LogP contribution is 2.17. The number of rotatable bonds is 2. The van der Waals surface area contributed by atoms with Gasteiger partial charge in [0.1, 0.15) is 0 Å². The van der Waals surface area contributed by atoms with E-state index in [1.807, 2.05) is 11.8 Å². The van der Waals surface area contributed by atoms with Crippen molar-refractivity contribution >= 4 is 23.4 Å². The quantitative estimate of drug-likeness (QED) is 0.659. The molecular formula is C8H14ClNS. The lowest BCUT2D eigenvalue weighted by atomic mass is 10.3. The van der Waals surface area contributed by atoms with Crippen LogP contribution in [0.4, 0.5) is 0 Å². The molecule has 0 aromatic carbocycles. The van der Waals surface area contributed by atoms with Crippen LogP contribution in [-0.4, -0.2) is 35.5 Å². The Kier molecular flexibility index (Phi) is 3.76. The number of halogens is 1. The topological polar surface area (TPSA) is 3.24 Å². The van der Waals surface area contributed by atoms with Gasteiger partial charge in [-0.2, -0.15) is 11.8 Å². The van der Waals surface area contributed by atoms with Gasteiger partial charge in [0, 0.05) is 35.7 Å². The van der Waals surface area contributed by atoms with E-state index in [2.05, 4.69) is 18.4 Å². The van der Waals surface area contributed by atoms with Gasteiger partial charge >= 0.3 is 0 Å². The van der Waals surface area contributed by atoms with Crippen molar-refractivity contribution in [3.8, 4) is 0 Å². The van der Waals surface area contributed by atoms with Crippen molar-refractivity contribution in [2.45, 2.75) is 13.0 Å². The smallest absolute Gasteiger partial charge is 0.0339 e. The first-order chi connectivity index (χ1) is 5.20. The van der Waals surface area contributed by atoms with E-state index in [0.717, 1.165) is 18.1 Å². The van der Waals surface area contributed by atoms with Crippen LogP contribution in [0.25, 0.3) is 0 Å². The van der Waals surface area contributed by atoms with Gasteiger partial charge in [0.15, 0.2) is 0 Å². The third kappa shape index (κ3) is 3.06. The lowest BCUT2D eigenvalue weighted by Crippen LogP contribution is -2.40. The third-order valence-corrected chi connectivity index (χ3v) is 3.19. The molecule has 64 valence electrons. The van der Waals surface area contributed by atoms with Gasteiger partial charge in [0.05, 0.1) is 0 Å². The highest BCUT2D eigenvalue weighted by atomic mass is 35.5. The van der Waals surface area contributed by atoms with Gasteiger partial charge in [-0.15, -0.1) is 0 Å². The van der Waals surface area contributed by atoms with Gasteiger partial charge in [0.2, 0.25) is 0 Å². The molecule has 1 heterocycles. The SMILES string of the molecule is C=C(Cl)CN1CCSCC1C. The van der Waals surface area contributed by atoms with Crippen LogP contribution in [0.15, 0.2) is 11.6 Å². The van der Waals surface area contributed by atoms with Crippen LogP contribution in [-0.2, 0) is 0 Å². The van der Waals surface area contributed by atoms with Crippen LogP contribution in [0.2, 0.25) is 0 Å². The van der Waals surface area contributed by atoms with E-state index in [0.29, 0.717) is 6.04 Å². The van der Waals surface area contributed by atoms with E-state index in [9.17, 15) is 0 Å². The molecule has 0 bridgehead atoms. The van der Waals surface area contributed by atoms with Crippen molar-refractivity contribution in [3.05, 3.63) is 11.6 Å². The normalized spacial score (nSPS) is 26.9. The summed E-state index contributed by atoms with van der Waals surface area (Å²) < 4.78 is 0. The zero-order valence-electron chi connectivity index (χ0n) is 6.85. The van der Waals surface area contributed by atoms with Crippen molar-refractivity contribution in [1.82, 2.24) is 4.90 Å². The molecule has 1 fully saturated rings. The zero-order valence-corrected chi connectivity index (χ0v) is 8.42. The fraction of sp³-hybridized carbons (Fsp3) is 0.750. The molecule has 0 aliphatic carbocycles. The summed E-state index contributed by atoms with van der Waals surface area (Å²) >= 11 is 7.75. The van der Waals surface area contributed by atoms with Crippen LogP contribution in [0, 0.1) is 0 Å². The molecule has 0 radical (unpaired) electrons. The molecule has 1 aliphatic rings. The maximum absolute atomic E-state index is 5.73. The van der Waals surface area contributed by atoms with E-state index in [4.69, 9.17) is 11.6 Å². The lowest BCUT2D eigenvalue weighted by molar-refractivity contribution is 0.256. The maximum Gasteiger partial charge on any atom is 0.0339 e. The molecule has 0 saturated carbocycles. The Morgan fingerprint density at radius 3 is 3.09 bits per heavy atom. The molecule has 0 spiro atoms. The molecular weight excluding hydrogens is 178 g/mol. The average molecular weight is 192 g/mol. The summed E-state index contributed by atoms with van der Waals surface area (Å²) in [5, 5.41) is 0.753. The number of hydrogen-bond donors (Lipinski definition) is 0. The Morgan fingerprint density at radius 1 is 1.82 bits per heavy atom. The van der Waals surface area contributed by atoms with E-state index >= 15 is 0 Å². The summed E-state index contributed by atoms with van der Waals surface area (Å²) in [5.74, 6) is 2.46. The number of hydrogen-bond acceptors (Lipinski definition) is 2. The first kappa shape index (κ1) is 9.43. The fourth-order valence-corrected chi connectivity index (χ4v) is 2.45. The Balaban J connectivity index is 2.35. The Labute approximate surface area is 77.8 Å². The second kappa shape index (κ2) is 4.39. The molecule has 1 rings (SSSR count). The summed E-state index contributed by atoms with van der Waals surface area (Å²) in [5.41, 5.74) is 0. The predicted octanol–water partition coefficient (Wildman–Crippen LogP) is 2.18. The Morgan fingerprint density at radius 2 is 2.55 bits per heavy atom. The molecule has 1 saturated heterocycles. The van der Waals surface area contributed by atoms with E-state index in [-0.39, 0.29) is 0 Å². The van der Waals surface area contributed by atoms with Crippen molar-refractivity contribution in [2.75, 3.05) is 24.6 Å². The molecule has 0 aromatic rings. The Bertz CT molecular complexity index is 149. The summed E-state index contributed by atoms with van der Waals surface area (Å²) in [7, 11) is 0. The molecule has 3 heteroatoms. The second-order valence-electron chi connectivity index (χ2n) is 2.91. The van der Waals surface area contributed by atoms with Crippen LogP contribution in [0.5, 0.6) is 0 Å². The van der Waals surface area contributed by atoms with Crippen LogP contribution in [0.3, 0.4) is 0 Å². The van der Waals surface area contributed by atoms with Gasteiger partial charge in [-0.25, -0.2) is 0 Å². The van der Waals surface area contributed by atoms with Gasteiger partial charge in [-0.05, 0) is 6.92 Å². The first-order valence-corrected chi connectivity index (χ1v) is 5.38. The summed E-state index contributed by atoms with van der Waals surface area (Å²) in [6, 6.07) is 0.657.